The van der Waals surface area contributed by atoms with Crippen LogP contribution >= 0.6 is 0 Å². The number of pyridine rings is 1. The van der Waals surface area contributed by atoms with Crippen molar-refractivity contribution in [2.24, 2.45) is 0 Å². The molecule has 1 heterocycles. The summed E-state index contributed by atoms with van der Waals surface area (Å²) in [6.07, 6.45) is -1.54. The molecular formula is C21H17F3IrNO2-. The number of carbonyl (C=O) groups excluding carboxylic acids is 1. The van der Waals surface area contributed by atoms with Gasteiger partial charge in [-0.15, -0.1) is 29.8 Å². The van der Waals surface area contributed by atoms with E-state index in [1.807, 2.05) is 30.3 Å². The van der Waals surface area contributed by atoms with Crippen molar-refractivity contribution in [3.05, 3.63) is 78.2 Å². The van der Waals surface area contributed by atoms with Crippen LogP contribution in [0.4, 0.5) is 13.2 Å². The van der Waals surface area contributed by atoms with Crippen LogP contribution in [-0.2, 0) is 31.1 Å². The fourth-order valence-electron chi connectivity index (χ4n) is 2.38. The van der Waals surface area contributed by atoms with E-state index >= 15 is 0 Å². The Balaban J connectivity index is 0.000000425. The second kappa shape index (κ2) is 10.2. The third-order valence-electron chi connectivity index (χ3n) is 3.48. The van der Waals surface area contributed by atoms with Crippen molar-refractivity contribution in [1.29, 1.82) is 0 Å². The maximum Gasteiger partial charge on any atom is 0.381 e. The van der Waals surface area contributed by atoms with Crippen LogP contribution in [0, 0.1) is 6.07 Å². The number of alkyl halides is 3. The largest absolute Gasteiger partial charge is 0.512 e. The molecule has 0 atom stereocenters. The number of aromatic nitrogens is 1. The number of halogens is 3. The molecule has 0 saturated heterocycles. The Morgan fingerprint density at radius 1 is 1.11 bits per heavy atom. The van der Waals surface area contributed by atoms with Gasteiger partial charge in [0.2, 0.25) is 0 Å². The van der Waals surface area contributed by atoms with E-state index in [0.717, 1.165) is 22.9 Å². The normalized spacial score (nSPS) is 11.2. The number of ketones is 1. The first-order chi connectivity index (χ1) is 12.7. The number of allylic oxidation sites excluding steroid dienone is 2. The molecule has 0 aliphatic carbocycles. The summed E-state index contributed by atoms with van der Waals surface area (Å²) in [5.41, 5.74) is 0.480. The van der Waals surface area contributed by atoms with Crippen LogP contribution in [-0.4, -0.2) is 15.9 Å². The molecule has 7 heteroatoms. The molecule has 3 rings (SSSR count). The number of carbonyl (C=O) groups is 1. The number of benzene rings is 2. The summed E-state index contributed by atoms with van der Waals surface area (Å²) in [6, 6.07) is 15.5. The minimum absolute atomic E-state index is 0. The van der Waals surface area contributed by atoms with Crippen molar-refractivity contribution in [2.75, 3.05) is 0 Å². The fraction of sp³-hybridized carbons (Fsp3) is 0.143. The van der Waals surface area contributed by atoms with Gasteiger partial charge in [0.25, 0.3) is 0 Å². The predicted octanol–water partition coefficient (Wildman–Crippen LogP) is 5.76. The van der Waals surface area contributed by atoms with Gasteiger partial charge in [-0.2, -0.15) is 13.2 Å². The Hall–Kier alpha value is -2.50. The van der Waals surface area contributed by atoms with Crippen LogP contribution in [0.1, 0.15) is 19.4 Å². The number of hydrogen-bond donors (Lipinski definition) is 1. The van der Waals surface area contributed by atoms with Crippen molar-refractivity contribution in [1.82, 2.24) is 4.98 Å². The molecule has 28 heavy (non-hydrogen) atoms. The summed E-state index contributed by atoms with van der Waals surface area (Å²) in [5.74, 6) is -0.0625. The number of aliphatic hydroxyl groups is 1. The van der Waals surface area contributed by atoms with Gasteiger partial charge in [0, 0.05) is 32.4 Å². The fourth-order valence-corrected chi connectivity index (χ4v) is 2.38. The summed E-state index contributed by atoms with van der Waals surface area (Å²) in [4.78, 5) is 14.3. The van der Waals surface area contributed by atoms with E-state index in [4.69, 9.17) is 5.11 Å². The van der Waals surface area contributed by atoms with Gasteiger partial charge in [-0.3, -0.25) is 4.79 Å². The van der Waals surface area contributed by atoms with Crippen molar-refractivity contribution >= 4 is 16.6 Å². The van der Waals surface area contributed by atoms with E-state index in [0.29, 0.717) is 11.3 Å². The molecule has 149 valence electrons. The average molecular weight is 565 g/mol. The Bertz CT molecular complexity index is 958. The molecule has 2 aromatic carbocycles. The van der Waals surface area contributed by atoms with Gasteiger partial charge in [-0.1, -0.05) is 24.3 Å². The molecular weight excluding hydrogens is 547 g/mol. The standard InChI is InChI=1S/C16H9F3N.C5H8O2.Ir/c17-16(18,19)13-7-5-12(6-8-13)15-14-4-2-1-3-11(14)9-10-20-15;1-4(6)3-5(2)7;/h1-5,7-10H;3,6H,1-2H3;/q-1;;/b;4-3-;. The van der Waals surface area contributed by atoms with Crippen molar-refractivity contribution in [2.45, 2.75) is 20.0 Å². The van der Waals surface area contributed by atoms with E-state index in [1.165, 1.54) is 26.0 Å². The summed E-state index contributed by atoms with van der Waals surface area (Å²) in [7, 11) is 0. The van der Waals surface area contributed by atoms with Crippen molar-refractivity contribution < 1.29 is 43.2 Å². The molecule has 0 bridgehead atoms. The number of rotatable bonds is 2. The Kier molecular flexibility index (Phi) is 8.54. The summed E-state index contributed by atoms with van der Waals surface area (Å²) in [6.45, 7) is 2.85. The van der Waals surface area contributed by atoms with Gasteiger partial charge >= 0.3 is 6.18 Å². The Labute approximate surface area is 174 Å². The maximum absolute atomic E-state index is 12.5. The van der Waals surface area contributed by atoms with Crippen molar-refractivity contribution in [3.8, 4) is 11.3 Å². The van der Waals surface area contributed by atoms with E-state index in [-0.39, 0.29) is 31.6 Å². The zero-order valence-electron chi connectivity index (χ0n) is 15.0. The first kappa shape index (κ1) is 23.5. The molecule has 1 aromatic heterocycles. The minimum Gasteiger partial charge on any atom is -0.512 e. The molecule has 0 aliphatic rings. The van der Waals surface area contributed by atoms with E-state index in [2.05, 4.69) is 11.1 Å². The van der Waals surface area contributed by atoms with Crippen molar-refractivity contribution in [3.63, 3.8) is 0 Å². The van der Waals surface area contributed by atoms with Gasteiger partial charge in [-0.05, 0) is 41.9 Å². The van der Waals surface area contributed by atoms with Crippen LogP contribution < -0.4 is 0 Å². The van der Waals surface area contributed by atoms with E-state index < -0.39 is 11.7 Å². The second-order valence-electron chi connectivity index (χ2n) is 5.77. The average Bonchev–Trinajstić information content (AvgIpc) is 2.60. The molecule has 3 aromatic rings. The molecule has 3 nitrogen and oxygen atoms in total. The third kappa shape index (κ3) is 6.59. The van der Waals surface area contributed by atoms with E-state index in [1.54, 1.807) is 6.20 Å². The minimum atomic E-state index is -4.35. The zero-order valence-corrected chi connectivity index (χ0v) is 17.4. The molecule has 1 radical (unpaired) electrons. The van der Waals surface area contributed by atoms with Gasteiger partial charge in [0.15, 0.2) is 5.78 Å². The first-order valence-electron chi connectivity index (χ1n) is 7.99. The van der Waals surface area contributed by atoms with Crippen LogP contribution in [0.5, 0.6) is 0 Å². The Morgan fingerprint density at radius 3 is 2.29 bits per heavy atom. The SMILES string of the molecule is CC(=O)/C=C(/C)O.FC(F)(F)c1c[c-]c(-c2nccc3ccccc23)cc1.[Ir]. The molecule has 1 N–H and O–H groups in total. The van der Waals surface area contributed by atoms with Gasteiger partial charge in [0.05, 0.1) is 5.76 Å². The van der Waals surface area contributed by atoms with E-state index in [9.17, 15) is 18.0 Å². The first-order valence-corrected chi connectivity index (χ1v) is 7.99. The maximum atomic E-state index is 12.5. The number of fused-ring (bicyclic) bond motifs is 1. The van der Waals surface area contributed by atoms with Gasteiger partial charge in [-0.25, -0.2) is 0 Å². The van der Waals surface area contributed by atoms with Gasteiger partial charge < -0.3 is 10.1 Å². The molecule has 0 amide bonds. The summed E-state index contributed by atoms with van der Waals surface area (Å²) < 4.78 is 37.6. The quantitative estimate of drug-likeness (QED) is 0.245. The third-order valence-corrected chi connectivity index (χ3v) is 3.48. The topological polar surface area (TPSA) is 50.2 Å². The molecule has 0 aliphatic heterocycles. The number of nitrogens with zero attached hydrogens (tertiary/aromatic N) is 1. The van der Waals surface area contributed by atoms with Crippen LogP contribution in [0.25, 0.3) is 22.0 Å². The number of hydrogen-bond acceptors (Lipinski definition) is 3. The molecule has 0 unspecified atom stereocenters. The van der Waals surface area contributed by atoms with Crippen LogP contribution in [0.2, 0.25) is 0 Å². The summed E-state index contributed by atoms with van der Waals surface area (Å²) >= 11 is 0. The van der Waals surface area contributed by atoms with Crippen LogP contribution in [0.3, 0.4) is 0 Å². The molecule has 0 spiro atoms. The van der Waals surface area contributed by atoms with Gasteiger partial charge in [0.1, 0.15) is 0 Å². The predicted molar refractivity (Wildman–Crippen MR) is 98.1 cm³/mol. The van der Waals surface area contributed by atoms with Crippen LogP contribution in [0.15, 0.2) is 66.6 Å². The Morgan fingerprint density at radius 2 is 1.79 bits per heavy atom. The molecule has 0 saturated carbocycles. The summed E-state index contributed by atoms with van der Waals surface area (Å²) in [5, 5.41) is 10.2. The zero-order chi connectivity index (χ0) is 20.0. The monoisotopic (exact) mass is 565 g/mol. The number of aliphatic hydroxyl groups excluding tert-OH is 1. The smallest absolute Gasteiger partial charge is 0.381 e. The molecule has 0 fully saturated rings. The second-order valence-corrected chi connectivity index (χ2v) is 5.77.